The number of piperidine rings is 1. The number of nitrogens with one attached hydrogen (secondary N) is 1. The third kappa shape index (κ3) is 4.22. The maximum absolute atomic E-state index is 5.96. The van der Waals surface area contributed by atoms with Gasteiger partial charge in [0.25, 0.3) is 0 Å². The van der Waals surface area contributed by atoms with Crippen molar-refractivity contribution in [3.05, 3.63) is 0 Å². The van der Waals surface area contributed by atoms with E-state index in [2.05, 4.69) is 24.1 Å². The van der Waals surface area contributed by atoms with Gasteiger partial charge in [-0.25, -0.2) is 0 Å². The van der Waals surface area contributed by atoms with Crippen molar-refractivity contribution in [2.24, 2.45) is 5.92 Å². The van der Waals surface area contributed by atoms with Gasteiger partial charge in [-0.15, -0.1) is 0 Å². The Balaban J connectivity index is 1.59. The molecule has 1 N–H and O–H groups in total. The fourth-order valence-electron chi connectivity index (χ4n) is 3.40. The molecule has 1 aliphatic heterocycles. The Morgan fingerprint density at radius 1 is 1.22 bits per heavy atom. The summed E-state index contributed by atoms with van der Waals surface area (Å²) in [6, 6.07) is 0.724. The van der Waals surface area contributed by atoms with Gasteiger partial charge in [-0.3, -0.25) is 0 Å². The Labute approximate surface area is 112 Å². The first-order valence-corrected chi connectivity index (χ1v) is 7.87. The number of hydrogen-bond donors (Lipinski definition) is 1. The third-order valence-corrected chi connectivity index (χ3v) is 4.52. The monoisotopic (exact) mass is 254 g/mol. The second kappa shape index (κ2) is 7.46. The smallest absolute Gasteiger partial charge is 0.0597 e. The molecule has 0 radical (unpaired) electrons. The first kappa shape index (κ1) is 14.3. The Bertz CT molecular complexity index is 229. The second-order valence-electron chi connectivity index (χ2n) is 6.01. The van der Waals surface area contributed by atoms with Crippen LogP contribution in [0.5, 0.6) is 0 Å². The van der Waals surface area contributed by atoms with Crippen LogP contribution in [0.4, 0.5) is 0 Å². The van der Waals surface area contributed by atoms with Crippen LogP contribution >= 0.6 is 0 Å². The van der Waals surface area contributed by atoms with Gasteiger partial charge in [-0.1, -0.05) is 26.7 Å². The van der Waals surface area contributed by atoms with Crippen LogP contribution in [-0.4, -0.2) is 49.8 Å². The molecule has 0 aromatic carbocycles. The average molecular weight is 254 g/mol. The summed E-state index contributed by atoms with van der Waals surface area (Å²) in [5.74, 6) is 0.769. The summed E-state index contributed by atoms with van der Waals surface area (Å²) in [5.41, 5.74) is 0. The quantitative estimate of drug-likeness (QED) is 0.787. The van der Waals surface area contributed by atoms with E-state index >= 15 is 0 Å². The lowest BCUT2D eigenvalue weighted by molar-refractivity contribution is 0.0313. The molecule has 0 amide bonds. The zero-order valence-corrected chi connectivity index (χ0v) is 12.2. The molecule has 0 bridgehead atoms. The second-order valence-corrected chi connectivity index (χ2v) is 6.01. The van der Waals surface area contributed by atoms with E-state index < -0.39 is 0 Å². The molecular formula is C15H30N2O. The molecule has 2 fully saturated rings. The standard InChI is InChI=1S/C15H30N2O/c1-3-16-15-8-9-17(12-13(15)2)10-11-18-14-6-4-5-7-14/h13-16H,3-12H2,1-2H3. The summed E-state index contributed by atoms with van der Waals surface area (Å²) < 4.78 is 5.96. The topological polar surface area (TPSA) is 24.5 Å². The van der Waals surface area contributed by atoms with Crippen LogP contribution in [0.3, 0.4) is 0 Å². The van der Waals surface area contributed by atoms with Crippen molar-refractivity contribution in [1.29, 1.82) is 0 Å². The van der Waals surface area contributed by atoms with Gasteiger partial charge in [0.2, 0.25) is 0 Å². The van der Waals surface area contributed by atoms with Gasteiger partial charge in [0.05, 0.1) is 12.7 Å². The molecule has 0 spiro atoms. The fourth-order valence-corrected chi connectivity index (χ4v) is 3.40. The van der Waals surface area contributed by atoms with E-state index in [0.29, 0.717) is 6.10 Å². The predicted octanol–water partition coefficient (Wildman–Crippen LogP) is 2.27. The molecule has 18 heavy (non-hydrogen) atoms. The highest BCUT2D eigenvalue weighted by molar-refractivity contribution is 4.82. The van der Waals surface area contributed by atoms with Crippen molar-refractivity contribution in [2.75, 3.05) is 32.8 Å². The Kier molecular flexibility index (Phi) is 5.93. The van der Waals surface area contributed by atoms with Gasteiger partial charge >= 0.3 is 0 Å². The van der Waals surface area contributed by atoms with Crippen LogP contribution in [-0.2, 0) is 4.74 Å². The van der Waals surface area contributed by atoms with Crippen molar-refractivity contribution in [3.63, 3.8) is 0 Å². The maximum Gasteiger partial charge on any atom is 0.0597 e. The minimum absolute atomic E-state index is 0.571. The lowest BCUT2D eigenvalue weighted by atomic mass is 9.94. The molecule has 1 saturated heterocycles. The van der Waals surface area contributed by atoms with Crippen LogP contribution < -0.4 is 5.32 Å². The van der Waals surface area contributed by atoms with Gasteiger partial charge in [0, 0.05) is 19.1 Å². The summed E-state index contributed by atoms with van der Waals surface area (Å²) in [4.78, 5) is 2.58. The van der Waals surface area contributed by atoms with Gasteiger partial charge in [-0.2, -0.15) is 0 Å². The Morgan fingerprint density at radius 2 is 2.00 bits per heavy atom. The number of likely N-dealkylation sites (tertiary alicyclic amines) is 1. The van der Waals surface area contributed by atoms with Gasteiger partial charge in [-0.05, 0) is 38.3 Å². The van der Waals surface area contributed by atoms with Crippen LogP contribution in [0.1, 0.15) is 46.0 Å². The predicted molar refractivity (Wildman–Crippen MR) is 75.9 cm³/mol. The van der Waals surface area contributed by atoms with E-state index in [9.17, 15) is 0 Å². The van der Waals surface area contributed by atoms with E-state index in [1.165, 1.54) is 45.2 Å². The minimum atomic E-state index is 0.571. The molecule has 3 heteroatoms. The van der Waals surface area contributed by atoms with Crippen molar-refractivity contribution in [2.45, 2.75) is 58.1 Å². The van der Waals surface area contributed by atoms with Crippen molar-refractivity contribution in [3.8, 4) is 0 Å². The van der Waals surface area contributed by atoms with Crippen LogP contribution in [0.2, 0.25) is 0 Å². The molecule has 0 aromatic rings. The molecule has 2 unspecified atom stereocenters. The molecule has 2 atom stereocenters. The Hall–Kier alpha value is -0.120. The summed E-state index contributed by atoms with van der Waals surface area (Å²) in [6.45, 7) is 10.2. The largest absolute Gasteiger partial charge is 0.377 e. The third-order valence-electron chi connectivity index (χ3n) is 4.52. The minimum Gasteiger partial charge on any atom is -0.377 e. The van der Waals surface area contributed by atoms with Crippen LogP contribution in [0.25, 0.3) is 0 Å². The maximum atomic E-state index is 5.96. The van der Waals surface area contributed by atoms with Gasteiger partial charge in [0.15, 0.2) is 0 Å². The highest BCUT2D eigenvalue weighted by Crippen LogP contribution is 2.21. The average Bonchev–Trinajstić information content (AvgIpc) is 2.86. The lowest BCUT2D eigenvalue weighted by Gasteiger charge is -2.37. The Morgan fingerprint density at radius 3 is 2.67 bits per heavy atom. The molecule has 106 valence electrons. The zero-order chi connectivity index (χ0) is 12.8. The molecular weight excluding hydrogens is 224 g/mol. The first-order chi connectivity index (χ1) is 8.79. The fraction of sp³-hybridized carbons (Fsp3) is 1.00. The zero-order valence-electron chi connectivity index (χ0n) is 12.2. The van der Waals surface area contributed by atoms with Crippen molar-refractivity contribution in [1.82, 2.24) is 10.2 Å². The SMILES string of the molecule is CCNC1CCN(CCOC2CCCC2)CC1C. The van der Waals surface area contributed by atoms with E-state index in [4.69, 9.17) is 4.74 Å². The molecule has 0 aromatic heterocycles. The number of ether oxygens (including phenoxy) is 1. The summed E-state index contributed by atoms with van der Waals surface area (Å²) >= 11 is 0. The normalized spacial score (nSPS) is 31.0. The van der Waals surface area contributed by atoms with E-state index in [1.807, 2.05) is 0 Å². The highest BCUT2D eigenvalue weighted by atomic mass is 16.5. The molecule has 1 saturated carbocycles. The molecule has 1 heterocycles. The first-order valence-electron chi connectivity index (χ1n) is 7.87. The molecule has 1 aliphatic carbocycles. The van der Waals surface area contributed by atoms with Crippen molar-refractivity contribution < 1.29 is 4.74 Å². The highest BCUT2D eigenvalue weighted by Gasteiger charge is 2.25. The van der Waals surface area contributed by atoms with Crippen LogP contribution in [0.15, 0.2) is 0 Å². The molecule has 2 aliphatic rings. The lowest BCUT2D eigenvalue weighted by Crippen LogP contribution is -2.49. The van der Waals surface area contributed by atoms with Gasteiger partial charge < -0.3 is 15.0 Å². The molecule has 2 rings (SSSR count). The summed E-state index contributed by atoms with van der Waals surface area (Å²) in [7, 11) is 0. The number of nitrogens with zero attached hydrogens (tertiary/aromatic N) is 1. The summed E-state index contributed by atoms with van der Waals surface area (Å²) in [5, 5.41) is 3.60. The number of hydrogen-bond acceptors (Lipinski definition) is 3. The van der Waals surface area contributed by atoms with Crippen LogP contribution in [0, 0.1) is 5.92 Å². The van der Waals surface area contributed by atoms with E-state index in [1.54, 1.807) is 0 Å². The summed E-state index contributed by atoms with van der Waals surface area (Å²) in [6.07, 6.45) is 7.18. The van der Waals surface area contributed by atoms with Gasteiger partial charge in [0.1, 0.15) is 0 Å². The van der Waals surface area contributed by atoms with Crippen molar-refractivity contribution >= 4 is 0 Å². The molecule has 3 nitrogen and oxygen atoms in total. The van der Waals surface area contributed by atoms with E-state index in [-0.39, 0.29) is 0 Å². The number of rotatable bonds is 6. The van der Waals surface area contributed by atoms with E-state index in [0.717, 1.165) is 31.7 Å².